The van der Waals surface area contributed by atoms with Crippen molar-refractivity contribution in [1.82, 2.24) is 14.5 Å². The second kappa shape index (κ2) is 5.49. The van der Waals surface area contributed by atoms with Crippen LogP contribution < -0.4 is 5.73 Å². The second-order valence-electron chi connectivity index (χ2n) is 5.87. The predicted octanol–water partition coefficient (Wildman–Crippen LogP) is 1.97. The zero-order valence-electron chi connectivity index (χ0n) is 13.0. The van der Waals surface area contributed by atoms with Crippen molar-refractivity contribution in [2.75, 3.05) is 13.1 Å². The molecule has 2 heterocycles. The highest BCUT2D eigenvalue weighted by molar-refractivity contribution is 5.98. The van der Waals surface area contributed by atoms with Crippen molar-refractivity contribution in [1.29, 1.82) is 0 Å². The zero-order valence-corrected chi connectivity index (χ0v) is 13.0. The Hall–Kier alpha value is -3.15. The number of nitrogens with two attached hydrogens (primary N) is 1. The highest BCUT2D eigenvalue weighted by Gasteiger charge is 2.22. The third-order valence-corrected chi connectivity index (χ3v) is 4.37. The van der Waals surface area contributed by atoms with Gasteiger partial charge in [0.25, 0.3) is 5.91 Å². The predicted molar refractivity (Wildman–Crippen MR) is 90.1 cm³/mol. The minimum absolute atomic E-state index is 0.0555. The maximum atomic E-state index is 12.4. The summed E-state index contributed by atoms with van der Waals surface area (Å²) in [5.41, 5.74) is 8.92. The summed E-state index contributed by atoms with van der Waals surface area (Å²) in [7, 11) is 0. The van der Waals surface area contributed by atoms with Crippen LogP contribution in [0.3, 0.4) is 0 Å². The van der Waals surface area contributed by atoms with Crippen molar-refractivity contribution < 1.29 is 9.59 Å². The van der Waals surface area contributed by atoms with Crippen LogP contribution in [0.2, 0.25) is 0 Å². The van der Waals surface area contributed by atoms with E-state index in [-0.39, 0.29) is 5.91 Å². The highest BCUT2D eigenvalue weighted by Crippen LogP contribution is 2.22. The molecule has 120 valence electrons. The van der Waals surface area contributed by atoms with E-state index in [1.807, 2.05) is 39.8 Å². The molecule has 4 rings (SSSR count). The largest absolute Gasteiger partial charge is 0.366 e. The molecule has 1 aliphatic rings. The first-order valence-electron chi connectivity index (χ1n) is 7.80. The first-order valence-corrected chi connectivity index (χ1v) is 7.80. The summed E-state index contributed by atoms with van der Waals surface area (Å²) >= 11 is 0. The van der Waals surface area contributed by atoms with Crippen LogP contribution in [-0.2, 0) is 0 Å². The molecule has 0 bridgehead atoms. The fraction of sp³-hybridized carbons (Fsp3) is 0.167. The van der Waals surface area contributed by atoms with Gasteiger partial charge in [0.2, 0.25) is 5.91 Å². The first-order chi connectivity index (χ1) is 11.6. The van der Waals surface area contributed by atoms with E-state index in [0.29, 0.717) is 11.1 Å². The molecule has 0 saturated carbocycles. The molecule has 1 fully saturated rings. The minimum Gasteiger partial charge on any atom is -0.366 e. The molecule has 0 atom stereocenters. The monoisotopic (exact) mass is 320 g/mol. The molecular formula is C18H16N4O2. The topological polar surface area (TPSA) is 81.2 Å². The summed E-state index contributed by atoms with van der Waals surface area (Å²) in [6.45, 7) is 1.65. The lowest BCUT2D eigenvalue weighted by molar-refractivity contribution is 0.0652. The number of primary amides is 1. The van der Waals surface area contributed by atoms with Gasteiger partial charge in [-0.25, -0.2) is 4.98 Å². The number of carbonyl (C=O) groups excluding carboxylic acids is 2. The Kier molecular flexibility index (Phi) is 3.30. The number of nitrogens with zero attached hydrogens (tertiary/aromatic N) is 3. The average Bonchev–Trinajstić information content (AvgIpc) is 2.96. The third-order valence-electron chi connectivity index (χ3n) is 4.37. The summed E-state index contributed by atoms with van der Waals surface area (Å²) < 4.78 is 1.90. The van der Waals surface area contributed by atoms with Gasteiger partial charge in [-0.1, -0.05) is 0 Å². The lowest BCUT2D eigenvalue weighted by Crippen LogP contribution is -2.41. The van der Waals surface area contributed by atoms with Gasteiger partial charge < -0.3 is 10.6 Å². The van der Waals surface area contributed by atoms with Crippen molar-refractivity contribution in [3.63, 3.8) is 0 Å². The van der Waals surface area contributed by atoms with E-state index in [9.17, 15) is 9.59 Å². The number of fused-ring (bicyclic) bond motifs is 1. The second-order valence-corrected chi connectivity index (χ2v) is 5.87. The molecule has 2 N–H and O–H groups in total. The molecule has 1 aliphatic heterocycles. The average molecular weight is 320 g/mol. The van der Waals surface area contributed by atoms with E-state index >= 15 is 0 Å². The molecule has 2 aromatic carbocycles. The molecular weight excluding hydrogens is 304 g/mol. The summed E-state index contributed by atoms with van der Waals surface area (Å²) in [5, 5.41) is 0. The van der Waals surface area contributed by atoms with Crippen molar-refractivity contribution in [2.24, 2.45) is 5.73 Å². The van der Waals surface area contributed by atoms with Crippen LogP contribution in [0.15, 0.2) is 48.8 Å². The summed E-state index contributed by atoms with van der Waals surface area (Å²) in [6, 6.07) is 12.5. The smallest absolute Gasteiger partial charge is 0.253 e. The number of benzene rings is 2. The van der Waals surface area contributed by atoms with Gasteiger partial charge in [0, 0.05) is 29.9 Å². The molecule has 24 heavy (non-hydrogen) atoms. The number of imidazole rings is 1. The summed E-state index contributed by atoms with van der Waals surface area (Å²) in [6.07, 6.45) is 2.78. The van der Waals surface area contributed by atoms with Gasteiger partial charge in [0.1, 0.15) is 6.33 Å². The Bertz CT molecular complexity index is 939. The summed E-state index contributed by atoms with van der Waals surface area (Å²) in [4.78, 5) is 29.8. The van der Waals surface area contributed by atoms with Gasteiger partial charge in [-0.15, -0.1) is 0 Å². The molecule has 1 saturated heterocycles. The van der Waals surface area contributed by atoms with Gasteiger partial charge >= 0.3 is 0 Å². The maximum absolute atomic E-state index is 12.4. The highest BCUT2D eigenvalue weighted by atomic mass is 16.2. The number of hydrogen-bond acceptors (Lipinski definition) is 3. The third kappa shape index (κ3) is 2.32. The number of rotatable bonds is 3. The fourth-order valence-corrected chi connectivity index (χ4v) is 2.83. The van der Waals surface area contributed by atoms with Crippen LogP contribution >= 0.6 is 0 Å². The Morgan fingerprint density at radius 1 is 1.00 bits per heavy atom. The molecule has 6 heteroatoms. The van der Waals surface area contributed by atoms with Gasteiger partial charge in [0.15, 0.2) is 0 Å². The van der Waals surface area contributed by atoms with Crippen LogP contribution in [0, 0.1) is 0 Å². The number of amides is 2. The normalized spacial score (nSPS) is 13.8. The van der Waals surface area contributed by atoms with Crippen LogP contribution in [0.25, 0.3) is 16.7 Å². The van der Waals surface area contributed by atoms with E-state index in [2.05, 4.69) is 4.98 Å². The van der Waals surface area contributed by atoms with Crippen molar-refractivity contribution in [3.8, 4) is 5.69 Å². The Morgan fingerprint density at radius 3 is 2.33 bits per heavy atom. The Morgan fingerprint density at radius 2 is 1.71 bits per heavy atom. The standard InChI is InChI=1S/C18H16N4O2/c19-17(23)12-2-5-14(6-3-12)22-11-20-15-7-4-13(10-16(15)22)18(24)21-8-1-9-21/h2-7,10-11H,1,8-9H2,(H2,19,23). The first kappa shape index (κ1) is 14.4. The van der Waals surface area contributed by atoms with E-state index < -0.39 is 5.91 Å². The van der Waals surface area contributed by atoms with Gasteiger partial charge in [-0.2, -0.15) is 0 Å². The number of carbonyl (C=O) groups is 2. The van der Waals surface area contributed by atoms with Gasteiger partial charge in [-0.3, -0.25) is 14.2 Å². The van der Waals surface area contributed by atoms with E-state index in [0.717, 1.165) is 36.2 Å². The van der Waals surface area contributed by atoms with E-state index in [1.54, 1.807) is 18.5 Å². The van der Waals surface area contributed by atoms with E-state index in [4.69, 9.17) is 5.73 Å². The van der Waals surface area contributed by atoms with Crippen LogP contribution in [0.4, 0.5) is 0 Å². The van der Waals surface area contributed by atoms with Gasteiger partial charge in [-0.05, 0) is 48.9 Å². The zero-order chi connectivity index (χ0) is 16.7. The molecule has 0 spiro atoms. The quantitative estimate of drug-likeness (QED) is 0.801. The number of hydrogen-bond donors (Lipinski definition) is 1. The maximum Gasteiger partial charge on any atom is 0.253 e. The molecule has 6 nitrogen and oxygen atoms in total. The molecule has 1 aromatic heterocycles. The fourth-order valence-electron chi connectivity index (χ4n) is 2.83. The van der Waals surface area contributed by atoms with Crippen molar-refractivity contribution in [2.45, 2.75) is 6.42 Å². The lowest BCUT2D eigenvalue weighted by Gasteiger charge is -2.30. The summed E-state index contributed by atoms with van der Waals surface area (Å²) in [5.74, 6) is -0.403. The van der Waals surface area contributed by atoms with Crippen LogP contribution in [0.1, 0.15) is 27.1 Å². The van der Waals surface area contributed by atoms with Crippen LogP contribution in [0.5, 0.6) is 0 Å². The molecule has 0 unspecified atom stereocenters. The van der Waals surface area contributed by atoms with Crippen molar-refractivity contribution in [3.05, 3.63) is 59.9 Å². The SMILES string of the molecule is NC(=O)c1ccc(-n2cnc3ccc(C(=O)N4CCC4)cc32)cc1. The molecule has 3 aromatic rings. The van der Waals surface area contributed by atoms with E-state index in [1.165, 1.54) is 0 Å². The van der Waals surface area contributed by atoms with Crippen LogP contribution in [-0.4, -0.2) is 39.4 Å². The number of likely N-dealkylation sites (tertiary alicyclic amines) is 1. The lowest BCUT2D eigenvalue weighted by atomic mass is 10.1. The number of aromatic nitrogens is 2. The molecule has 0 radical (unpaired) electrons. The van der Waals surface area contributed by atoms with Crippen molar-refractivity contribution >= 4 is 22.8 Å². The van der Waals surface area contributed by atoms with Gasteiger partial charge in [0.05, 0.1) is 11.0 Å². The molecule has 2 amide bonds. The Balaban J connectivity index is 1.75. The molecule has 0 aliphatic carbocycles. The minimum atomic E-state index is -0.459. The Labute approximate surface area is 138 Å².